The van der Waals surface area contributed by atoms with Crippen molar-refractivity contribution >= 4 is 21.4 Å². The zero-order chi connectivity index (χ0) is 15.3. The van der Waals surface area contributed by atoms with Gasteiger partial charge in [0, 0.05) is 12.2 Å². The van der Waals surface area contributed by atoms with E-state index in [0.29, 0.717) is 24.1 Å². The van der Waals surface area contributed by atoms with Gasteiger partial charge in [-0.2, -0.15) is 0 Å². The van der Waals surface area contributed by atoms with Gasteiger partial charge in [0.25, 0.3) is 0 Å². The quantitative estimate of drug-likeness (QED) is 0.719. The van der Waals surface area contributed by atoms with Gasteiger partial charge in [0.1, 0.15) is 0 Å². The van der Waals surface area contributed by atoms with Crippen LogP contribution in [0.25, 0.3) is 0 Å². The molecule has 114 valence electrons. The standard InChI is InChI=1S/C14H25N3O2S/c1-10(2)12(8-15)9-16-13-5-6-14(11(3)7-13)17-20(4,18)19/h5-7,10,12,16-17H,8-9,15H2,1-4H3. The lowest BCUT2D eigenvalue weighted by molar-refractivity contribution is 0.413. The lowest BCUT2D eigenvalue weighted by Crippen LogP contribution is -2.27. The lowest BCUT2D eigenvalue weighted by atomic mass is 9.96. The number of nitrogens with one attached hydrogen (secondary N) is 2. The van der Waals surface area contributed by atoms with Crippen LogP contribution in [0.2, 0.25) is 0 Å². The lowest BCUT2D eigenvalue weighted by Gasteiger charge is -2.20. The fourth-order valence-electron chi connectivity index (χ4n) is 1.93. The van der Waals surface area contributed by atoms with Crippen molar-refractivity contribution in [3.8, 4) is 0 Å². The summed E-state index contributed by atoms with van der Waals surface area (Å²) in [7, 11) is -3.24. The first-order valence-corrected chi connectivity index (χ1v) is 8.64. The minimum absolute atomic E-state index is 0.420. The number of anilines is 2. The van der Waals surface area contributed by atoms with E-state index in [1.807, 2.05) is 19.1 Å². The highest BCUT2D eigenvalue weighted by atomic mass is 32.2. The van der Waals surface area contributed by atoms with Gasteiger partial charge in [0.05, 0.1) is 11.9 Å². The molecule has 20 heavy (non-hydrogen) atoms. The molecule has 4 N–H and O–H groups in total. The molecule has 6 heteroatoms. The van der Waals surface area contributed by atoms with Crippen LogP contribution >= 0.6 is 0 Å². The van der Waals surface area contributed by atoms with Gasteiger partial charge >= 0.3 is 0 Å². The predicted octanol–water partition coefficient (Wildman–Crippen LogP) is 2.01. The van der Waals surface area contributed by atoms with Crippen molar-refractivity contribution in [3.63, 3.8) is 0 Å². The summed E-state index contributed by atoms with van der Waals surface area (Å²) in [5.74, 6) is 0.948. The Morgan fingerprint density at radius 3 is 2.40 bits per heavy atom. The topological polar surface area (TPSA) is 84.2 Å². The molecular weight excluding hydrogens is 274 g/mol. The molecule has 5 nitrogen and oxygen atoms in total. The first-order chi connectivity index (χ1) is 9.23. The Balaban J connectivity index is 2.73. The second-order valence-corrected chi connectivity index (χ2v) is 7.27. The van der Waals surface area contributed by atoms with E-state index in [0.717, 1.165) is 24.1 Å². The molecule has 1 aromatic carbocycles. The molecular formula is C14H25N3O2S. The summed E-state index contributed by atoms with van der Waals surface area (Å²) < 4.78 is 24.9. The maximum atomic E-state index is 11.2. The predicted molar refractivity (Wildman–Crippen MR) is 85.5 cm³/mol. The van der Waals surface area contributed by atoms with Crippen LogP contribution in [0.1, 0.15) is 19.4 Å². The van der Waals surface area contributed by atoms with Gasteiger partial charge in [-0.25, -0.2) is 8.42 Å². The van der Waals surface area contributed by atoms with Gasteiger partial charge in [-0.15, -0.1) is 0 Å². The Morgan fingerprint density at radius 1 is 1.30 bits per heavy atom. The van der Waals surface area contributed by atoms with E-state index in [4.69, 9.17) is 5.73 Å². The molecule has 0 saturated carbocycles. The van der Waals surface area contributed by atoms with E-state index in [2.05, 4.69) is 23.9 Å². The second-order valence-electron chi connectivity index (χ2n) is 5.52. The smallest absolute Gasteiger partial charge is 0.229 e. The third-order valence-electron chi connectivity index (χ3n) is 3.34. The summed E-state index contributed by atoms with van der Waals surface area (Å²) in [6.07, 6.45) is 1.15. The van der Waals surface area contributed by atoms with Gasteiger partial charge in [0.15, 0.2) is 0 Å². The molecule has 0 radical (unpaired) electrons. The van der Waals surface area contributed by atoms with Gasteiger partial charge in [-0.1, -0.05) is 13.8 Å². The fraction of sp³-hybridized carbons (Fsp3) is 0.571. The van der Waals surface area contributed by atoms with Crippen LogP contribution in [0.3, 0.4) is 0 Å². The third-order valence-corrected chi connectivity index (χ3v) is 3.93. The molecule has 0 heterocycles. The first kappa shape index (κ1) is 16.8. The molecule has 1 rings (SSSR count). The highest BCUT2D eigenvalue weighted by Gasteiger charge is 2.11. The van der Waals surface area contributed by atoms with Gasteiger partial charge in [-0.05, 0) is 49.1 Å². The fourth-order valence-corrected chi connectivity index (χ4v) is 2.56. The summed E-state index contributed by atoms with van der Waals surface area (Å²) in [6.45, 7) is 7.65. The van der Waals surface area contributed by atoms with Crippen LogP contribution in [-0.2, 0) is 10.0 Å². The maximum Gasteiger partial charge on any atom is 0.229 e. The Morgan fingerprint density at radius 2 is 1.95 bits per heavy atom. The second kappa shape index (κ2) is 6.95. The van der Waals surface area contributed by atoms with Crippen LogP contribution in [0.5, 0.6) is 0 Å². The molecule has 1 atom stereocenters. The molecule has 1 unspecified atom stereocenters. The average molecular weight is 299 g/mol. The number of benzene rings is 1. The van der Waals surface area contributed by atoms with Crippen molar-refractivity contribution in [1.29, 1.82) is 0 Å². The normalized spacial score (nSPS) is 13.3. The summed E-state index contributed by atoms with van der Waals surface area (Å²) in [5, 5.41) is 3.35. The van der Waals surface area contributed by atoms with E-state index in [1.165, 1.54) is 0 Å². The van der Waals surface area contributed by atoms with Crippen LogP contribution in [0, 0.1) is 18.8 Å². The van der Waals surface area contributed by atoms with Gasteiger partial charge in [0.2, 0.25) is 10.0 Å². The maximum absolute atomic E-state index is 11.2. The van der Waals surface area contributed by atoms with Crippen molar-refractivity contribution in [3.05, 3.63) is 23.8 Å². The Kier molecular flexibility index (Phi) is 5.83. The van der Waals surface area contributed by atoms with E-state index < -0.39 is 10.0 Å². The van der Waals surface area contributed by atoms with Crippen LogP contribution in [-0.4, -0.2) is 27.8 Å². The van der Waals surface area contributed by atoms with Gasteiger partial charge < -0.3 is 11.1 Å². The molecule has 1 aromatic rings. The molecule has 0 aliphatic heterocycles. The number of aryl methyl sites for hydroxylation is 1. The largest absolute Gasteiger partial charge is 0.385 e. The summed E-state index contributed by atoms with van der Waals surface area (Å²) in [5.41, 5.74) is 8.21. The number of nitrogens with two attached hydrogens (primary N) is 1. The van der Waals surface area contributed by atoms with Crippen molar-refractivity contribution in [1.82, 2.24) is 0 Å². The average Bonchev–Trinajstić information content (AvgIpc) is 2.31. The SMILES string of the molecule is Cc1cc(NCC(CN)C(C)C)ccc1NS(C)(=O)=O. The Hall–Kier alpha value is -1.27. The Bertz CT molecular complexity index is 541. The van der Waals surface area contributed by atoms with Crippen molar-refractivity contribution in [2.45, 2.75) is 20.8 Å². The number of hydrogen-bond donors (Lipinski definition) is 3. The monoisotopic (exact) mass is 299 g/mol. The van der Waals surface area contributed by atoms with Crippen LogP contribution in [0.15, 0.2) is 18.2 Å². The van der Waals surface area contributed by atoms with Crippen LogP contribution in [0.4, 0.5) is 11.4 Å². The zero-order valence-electron chi connectivity index (χ0n) is 12.6. The van der Waals surface area contributed by atoms with Crippen LogP contribution < -0.4 is 15.8 Å². The van der Waals surface area contributed by atoms with E-state index >= 15 is 0 Å². The molecule has 0 amide bonds. The number of sulfonamides is 1. The third kappa shape index (κ3) is 5.38. The number of hydrogen-bond acceptors (Lipinski definition) is 4. The van der Waals surface area contributed by atoms with E-state index in [-0.39, 0.29) is 0 Å². The van der Waals surface area contributed by atoms with Crippen molar-refractivity contribution < 1.29 is 8.42 Å². The first-order valence-electron chi connectivity index (χ1n) is 6.75. The zero-order valence-corrected chi connectivity index (χ0v) is 13.4. The molecule has 0 bridgehead atoms. The molecule has 0 spiro atoms. The minimum atomic E-state index is -3.24. The van der Waals surface area contributed by atoms with E-state index in [9.17, 15) is 8.42 Å². The molecule has 0 aromatic heterocycles. The minimum Gasteiger partial charge on any atom is -0.385 e. The highest BCUT2D eigenvalue weighted by molar-refractivity contribution is 7.92. The number of rotatable bonds is 7. The Labute approximate surface area is 122 Å². The van der Waals surface area contributed by atoms with Crippen molar-refractivity contribution in [2.24, 2.45) is 17.6 Å². The van der Waals surface area contributed by atoms with Gasteiger partial charge in [-0.3, -0.25) is 4.72 Å². The van der Waals surface area contributed by atoms with E-state index in [1.54, 1.807) is 6.07 Å². The summed E-state index contributed by atoms with van der Waals surface area (Å²) in [4.78, 5) is 0. The summed E-state index contributed by atoms with van der Waals surface area (Å²) >= 11 is 0. The molecule has 0 fully saturated rings. The van der Waals surface area contributed by atoms with Crippen molar-refractivity contribution in [2.75, 3.05) is 29.4 Å². The molecule has 0 aliphatic carbocycles. The highest BCUT2D eigenvalue weighted by Crippen LogP contribution is 2.21. The summed E-state index contributed by atoms with van der Waals surface area (Å²) in [6, 6.07) is 5.57. The molecule has 0 aliphatic rings. The molecule has 0 saturated heterocycles.